The predicted octanol–water partition coefficient (Wildman–Crippen LogP) is 2.62. The van der Waals surface area contributed by atoms with Crippen LogP contribution in [0.15, 0.2) is 30.3 Å². The Bertz CT molecular complexity index is 467. The molecule has 0 radical (unpaired) electrons. The molecular weight excluding hydrogens is 238 g/mol. The molecule has 2 unspecified atom stereocenters. The van der Waals surface area contributed by atoms with Gasteiger partial charge in [0, 0.05) is 25.3 Å². The molecule has 1 saturated heterocycles. The van der Waals surface area contributed by atoms with E-state index < -0.39 is 0 Å². The van der Waals surface area contributed by atoms with Crippen LogP contribution in [0.2, 0.25) is 0 Å². The molecule has 0 saturated carbocycles. The van der Waals surface area contributed by atoms with E-state index in [9.17, 15) is 9.59 Å². The fourth-order valence-electron chi connectivity index (χ4n) is 2.81. The first kappa shape index (κ1) is 13.8. The maximum Gasteiger partial charge on any atom is 0.220 e. The lowest BCUT2D eigenvalue weighted by atomic mass is 9.92. The molecule has 1 aromatic carbocycles. The highest BCUT2D eigenvalue weighted by atomic mass is 16.2. The summed E-state index contributed by atoms with van der Waals surface area (Å²) >= 11 is 0. The molecule has 1 fully saturated rings. The highest BCUT2D eigenvalue weighted by Gasteiger charge is 2.39. The number of Topliss-reactive ketones (excluding diaryl/α,β-unsaturated/α-hetero) is 1. The third-order valence-corrected chi connectivity index (χ3v) is 3.87. The summed E-state index contributed by atoms with van der Waals surface area (Å²) in [5, 5.41) is 0. The van der Waals surface area contributed by atoms with Gasteiger partial charge in [0.2, 0.25) is 5.91 Å². The molecule has 1 aliphatic heterocycles. The van der Waals surface area contributed by atoms with Gasteiger partial charge in [-0.15, -0.1) is 0 Å². The Morgan fingerprint density at radius 1 is 1.21 bits per heavy atom. The molecule has 0 aliphatic carbocycles. The van der Waals surface area contributed by atoms with Crippen molar-refractivity contribution >= 4 is 11.7 Å². The number of likely N-dealkylation sites (tertiary alicyclic amines) is 1. The molecular formula is C16H21NO2. The number of ketones is 1. The number of carbonyl (C=O) groups is 2. The summed E-state index contributed by atoms with van der Waals surface area (Å²) in [5.74, 6) is 0.422. The maximum absolute atomic E-state index is 12.2. The van der Waals surface area contributed by atoms with Gasteiger partial charge in [-0.25, -0.2) is 0 Å². The van der Waals surface area contributed by atoms with E-state index in [1.807, 2.05) is 32.0 Å². The van der Waals surface area contributed by atoms with Gasteiger partial charge in [-0.05, 0) is 12.0 Å². The SMILES string of the molecule is CC(=O)N1CC(c2ccccc2)CC1C(=O)C(C)C. The molecule has 1 aromatic rings. The Morgan fingerprint density at radius 2 is 1.84 bits per heavy atom. The van der Waals surface area contributed by atoms with Crippen LogP contribution in [0.5, 0.6) is 0 Å². The van der Waals surface area contributed by atoms with Crippen LogP contribution in [-0.2, 0) is 9.59 Å². The summed E-state index contributed by atoms with van der Waals surface area (Å²) in [4.78, 5) is 25.7. The smallest absolute Gasteiger partial charge is 0.220 e. The summed E-state index contributed by atoms with van der Waals surface area (Å²) < 4.78 is 0. The molecule has 2 rings (SSSR count). The fourth-order valence-corrected chi connectivity index (χ4v) is 2.81. The van der Waals surface area contributed by atoms with Crippen molar-refractivity contribution in [3.8, 4) is 0 Å². The molecule has 3 heteroatoms. The van der Waals surface area contributed by atoms with Gasteiger partial charge in [0.15, 0.2) is 5.78 Å². The van der Waals surface area contributed by atoms with Gasteiger partial charge in [0.1, 0.15) is 0 Å². The Kier molecular flexibility index (Phi) is 4.03. The lowest BCUT2D eigenvalue weighted by molar-refractivity contribution is -0.137. The van der Waals surface area contributed by atoms with Crippen molar-refractivity contribution in [2.75, 3.05) is 6.54 Å². The van der Waals surface area contributed by atoms with Gasteiger partial charge >= 0.3 is 0 Å². The van der Waals surface area contributed by atoms with E-state index >= 15 is 0 Å². The third kappa shape index (κ3) is 2.86. The molecule has 1 heterocycles. The number of hydrogen-bond acceptors (Lipinski definition) is 2. The molecule has 2 atom stereocenters. The Labute approximate surface area is 114 Å². The second kappa shape index (κ2) is 5.55. The third-order valence-electron chi connectivity index (χ3n) is 3.87. The maximum atomic E-state index is 12.2. The van der Waals surface area contributed by atoms with E-state index in [4.69, 9.17) is 0 Å². The van der Waals surface area contributed by atoms with Crippen molar-refractivity contribution in [1.29, 1.82) is 0 Å². The zero-order valence-corrected chi connectivity index (χ0v) is 11.8. The van der Waals surface area contributed by atoms with Gasteiger partial charge in [-0.1, -0.05) is 44.2 Å². The largest absolute Gasteiger partial charge is 0.332 e. The van der Waals surface area contributed by atoms with Gasteiger partial charge in [-0.2, -0.15) is 0 Å². The van der Waals surface area contributed by atoms with E-state index in [-0.39, 0.29) is 29.6 Å². The fraction of sp³-hybridized carbons (Fsp3) is 0.500. The van der Waals surface area contributed by atoms with Crippen molar-refractivity contribution in [1.82, 2.24) is 4.90 Å². The standard InChI is InChI=1S/C16H21NO2/c1-11(2)16(19)15-9-14(10-17(15)12(3)18)13-7-5-4-6-8-13/h4-8,11,14-15H,9-10H2,1-3H3. The number of hydrogen-bond donors (Lipinski definition) is 0. The zero-order chi connectivity index (χ0) is 14.0. The van der Waals surface area contributed by atoms with Crippen LogP contribution in [0, 0.1) is 5.92 Å². The molecule has 0 bridgehead atoms. The van der Waals surface area contributed by atoms with Crippen LogP contribution in [0.3, 0.4) is 0 Å². The normalized spacial score (nSPS) is 22.8. The minimum atomic E-state index is -0.247. The monoisotopic (exact) mass is 259 g/mol. The summed E-state index contributed by atoms with van der Waals surface area (Å²) in [6, 6.07) is 9.90. The van der Waals surface area contributed by atoms with Gasteiger partial charge in [0.05, 0.1) is 6.04 Å². The highest BCUT2D eigenvalue weighted by Crippen LogP contribution is 2.33. The van der Waals surface area contributed by atoms with E-state index in [0.717, 1.165) is 6.42 Å². The summed E-state index contributed by atoms with van der Waals surface area (Å²) in [7, 11) is 0. The van der Waals surface area contributed by atoms with Crippen LogP contribution >= 0.6 is 0 Å². The molecule has 0 aromatic heterocycles. The second-order valence-electron chi connectivity index (χ2n) is 5.59. The van der Waals surface area contributed by atoms with E-state index in [0.29, 0.717) is 6.54 Å². The van der Waals surface area contributed by atoms with Crippen molar-refractivity contribution in [3.63, 3.8) is 0 Å². The number of rotatable bonds is 3. The van der Waals surface area contributed by atoms with E-state index in [2.05, 4.69) is 12.1 Å². The van der Waals surface area contributed by atoms with Crippen molar-refractivity contribution < 1.29 is 9.59 Å². The molecule has 1 aliphatic rings. The predicted molar refractivity (Wildman–Crippen MR) is 74.8 cm³/mol. The molecule has 19 heavy (non-hydrogen) atoms. The Morgan fingerprint density at radius 3 is 2.37 bits per heavy atom. The minimum Gasteiger partial charge on any atom is -0.332 e. The summed E-state index contributed by atoms with van der Waals surface area (Å²) in [5.41, 5.74) is 1.22. The lowest BCUT2D eigenvalue weighted by Gasteiger charge is -2.23. The average molecular weight is 259 g/mol. The molecule has 3 nitrogen and oxygen atoms in total. The van der Waals surface area contributed by atoms with Crippen LogP contribution in [0.1, 0.15) is 38.7 Å². The molecule has 1 amide bonds. The number of benzene rings is 1. The van der Waals surface area contributed by atoms with Crippen molar-refractivity contribution in [3.05, 3.63) is 35.9 Å². The lowest BCUT2D eigenvalue weighted by Crippen LogP contribution is -2.40. The average Bonchev–Trinajstić information content (AvgIpc) is 2.83. The van der Waals surface area contributed by atoms with Crippen molar-refractivity contribution in [2.24, 2.45) is 5.92 Å². The first-order valence-electron chi connectivity index (χ1n) is 6.86. The molecule has 102 valence electrons. The first-order valence-corrected chi connectivity index (χ1v) is 6.86. The molecule has 0 spiro atoms. The van der Waals surface area contributed by atoms with E-state index in [1.54, 1.807) is 11.8 Å². The van der Waals surface area contributed by atoms with Crippen LogP contribution < -0.4 is 0 Å². The van der Waals surface area contributed by atoms with Crippen LogP contribution in [-0.4, -0.2) is 29.2 Å². The summed E-state index contributed by atoms with van der Waals surface area (Å²) in [6.45, 7) is 6.00. The van der Waals surface area contributed by atoms with Gasteiger partial charge < -0.3 is 4.90 Å². The quantitative estimate of drug-likeness (QED) is 0.836. The molecule has 0 N–H and O–H groups in total. The van der Waals surface area contributed by atoms with Gasteiger partial charge in [0.25, 0.3) is 0 Å². The van der Waals surface area contributed by atoms with E-state index in [1.165, 1.54) is 5.56 Å². The summed E-state index contributed by atoms with van der Waals surface area (Å²) in [6.07, 6.45) is 0.751. The first-order chi connectivity index (χ1) is 9.00. The van der Waals surface area contributed by atoms with Crippen LogP contribution in [0.4, 0.5) is 0 Å². The minimum absolute atomic E-state index is 0.00238. The van der Waals surface area contributed by atoms with Crippen LogP contribution in [0.25, 0.3) is 0 Å². The Hall–Kier alpha value is -1.64. The second-order valence-corrected chi connectivity index (χ2v) is 5.59. The van der Waals surface area contributed by atoms with Gasteiger partial charge in [-0.3, -0.25) is 9.59 Å². The number of amides is 1. The Balaban J connectivity index is 2.21. The number of carbonyl (C=O) groups excluding carboxylic acids is 2. The zero-order valence-electron chi connectivity index (χ0n) is 11.8. The topological polar surface area (TPSA) is 37.4 Å². The number of nitrogens with zero attached hydrogens (tertiary/aromatic N) is 1. The highest BCUT2D eigenvalue weighted by molar-refractivity contribution is 5.90. The van der Waals surface area contributed by atoms with Crippen molar-refractivity contribution in [2.45, 2.75) is 39.2 Å².